The summed E-state index contributed by atoms with van der Waals surface area (Å²) in [5, 5.41) is 10.2. The number of unbranched alkanes of at least 4 members (excludes halogenated alkanes) is 14. The number of carbonyl (C=O) groups excluding carboxylic acids is 1. The van der Waals surface area contributed by atoms with Crippen molar-refractivity contribution >= 4 is 43.7 Å². The Labute approximate surface area is 185 Å². The van der Waals surface area contributed by atoms with Gasteiger partial charge in [-0.3, -0.25) is 0 Å². The van der Waals surface area contributed by atoms with Gasteiger partial charge in [0.2, 0.25) is 0 Å². The Hall–Kier alpha value is 1.46. The SMILES string of the molecule is CCCCCCCCCCCCCCCCCC(=O)[O-].[Ca+2].[I-]. The van der Waals surface area contributed by atoms with E-state index in [1.807, 2.05) is 0 Å². The fourth-order valence-corrected chi connectivity index (χ4v) is 2.64. The molecular formula is C18H35CaIO2. The van der Waals surface area contributed by atoms with Crippen LogP contribution in [0.2, 0.25) is 0 Å². The summed E-state index contributed by atoms with van der Waals surface area (Å²) < 4.78 is 0. The van der Waals surface area contributed by atoms with Crippen molar-refractivity contribution in [1.29, 1.82) is 0 Å². The molecular weight excluding hydrogens is 415 g/mol. The molecule has 128 valence electrons. The number of hydrogen-bond acceptors (Lipinski definition) is 2. The van der Waals surface area contributed by atoms with Gasteiger partial charge in [0.25, 0.3) is 0 Å². The van der Waals surface area contributed by atoms with Gasteiger partial charge in [0.15, 0.2) is 0 Å². The van der Waals surface area contributed by atoms with Gasteiger partial charge in [-0.1, -0.05) is 96.8 Å². The van der Waals surface area contributed by atoms with Gasteiger partial charge >= 0.3 is 37.7 Å². The molecule has 4 heteroatoms. The van der Waals surface area contributed by atoms with Gasteiger partial charge in [0.1, 0.15) is 0 Å². The number of halogens is 1. The maximum Gasteiger partial charge on any atom is 2.00 e. The van der Waals surface area contributed by atoms with Crippen molar-refractivity contribution in [2.45, 2.75) is 110 Å². The molecule has 0 aliphatic carbocycles. The second-order valence-corrected chi connectivity index (χ2v) is 6.07. The van der Waals surface area contributed by atoms with Crippen molar-refractivity contribution in [3.05, 3.63) is 0 Å². The summed E-state index contributed by atoms with van der Waals surface area (Å²) in [5.41, 5.74) is 0. The van der Waals surface area contributed by atoms with E-state index in [4.69, 9.17) is 0 Å². The molecule has 0 aromatic rings. The van der Waals surface area contributed by atoms with Crippen molar-refractivity contribution in [2.75, 3.05) is 0 Å². The van der Waals surface area contributed by atoms with Crippen LogP contribution in [-0.2, 0) is 4.79 Å². The molecule has 0 unspecified atom stereocenters. The predicted octanol–water partition coefficient (Wildman–Crippen LogP) is 1.62. The molecule has 0 N–H and O–H groups in total. The smallest absolute Gasteiger partial charge is 1.00 e. The third-order valence-electron chi connectivity index (χ3n) is 3.98. The number of hydrogen-bond donors (Lipinski definition) is 0. The fourth-order valence-electron chi connectivity index (χ4n) is 2.64. The molecule has 2 nitrogen and oxygen atoms in total. The molecule has 0 aliphatic rings. The van der Waals surface area contributed by atoms with Gasteiger partial charge in [0.05, 0.1) is 0 Å². The third-order valence-corrected chi connectivity index (χ3v) is 3.98. The zero-order valence-electron chi connectivity index (χ0n) is 14.7. The van der Waals surface area contributed by atoms with Gasteiger partial charge in [-0.2, -0.15) is 0 Å². The maximum absolute atomic E-state index is 10.2. The summed E-state index contributed by atoms with van der Waals surface area (Å²) in [4.78, 5) is 10.2. The molecule has 0 atom stereocenters. The summed E-state index contributed by atoms with van der Waals surface area (Å²) >= 11 is 0. The van der Waals surface area contributed by atoms with Gasteiger partial charge < -0.3 is 33.9 Å². The second-order valence-electron chi connectivity index (χ2n) is 6.07. The Morgan fingerprint density at radius 1 is 0.636 bits per heavy atom. The molecule has 22 heavy (non-hydrogen) atoms. The first kappa shape index (κ1) is 28.3. The molecule has 0 saturated carbocycles. The topological polar surface area (TPSA) is 40.1 Å². The maximum atomic E-state index is 10.2. The average Bonchev–Trinajstić information content (AvgIpc) is 2.43. The molecule has 0 spiro atoms. The number of carboxylic acids is 1. The normalized spacial score (nSPS) is 9.86. The molecule has 0 fully saturated rings. The van der Waals surface area contributed by atoms with E-state index < -0.39 is 5.97 Å². The molecule has 0 heterocycles. The van der Waals surface area contributed by atoms with E-state index >= 15 is 0 Å². The Morgan fingerprint density at radius 3 is 1.18 bits per heavy atom. The Morgan fingerprint density at radius 2 is 0.909 bits per heavy atom. The monoisotopic (exact) mass is 450 g/mol. The van der Waals surface area contributed by atoms with E-state index in [0.717, 1.165) is 12.8 Å². The fraction of sp³-hybridized carbons (Fsp3) is 0.944. The van der Waals surface area contributed by atoms with Crippen LogP contribution in [0.3, 0.4) is 0 Å². The van der Waals surface area contributed by atoms with Crippen LogP contribution in [0.4, 0.5) is 0 Å². The minimum Gasteiger partial charge on any atom is -1.00 e. The van der Waals surface area contributed by atoms with E-state index in [2.05, 4.69) is 6.92 Å². The Bertz CT molecular complexity index is 213. The van der Waals surface area contributed by atoms with Crippen LogP contribution in [0.5, 0.6) is 0 Å². The van der Waals surface area contributed by atoms with E-state index in [1.165, 1.54) is 83.5 Å². The molecule has 0 aromatic carbocycles. The first-order valence-corrected chi connectivity index (χ1v) is 8.97. The van der Waals surface area contributed by atoms with Crippen LogP contribution in [0.1, 0.15) is 110 Å². The number of rotatable bonds is 16. The van der Waals surface area contributed by atoms with Crippen molar-refractivity contribution < 1.29 is 33.9 Å². The minimum absolute atomic E-state index is 0. The van der Waals surface area contributed by atoms with Crippen LogP contribution in [0.25, 0.3) is 0 Å². The quantitative estimate of drug-likeness (QED) is 0.204. The average molecular weight is 450 g/mol. The van der Waals surface area contributed by atoms with Crippen molar-refractivity contribution in [3.8, 4) is 0 Å². The zero-order valence-corrected chi connectivity index (χ0v) is 19.1. The summed E-state index contributed by atoms with van der Waals surface area (Å²) in [6, 6.07) is 0. The van der Waals surface area contributed by atoms with Gasteiger partial charge in [-0.25, -0.2) is 0 Å². The Balaban J connectivity index is -0.00000180. The first-order chi connectivity index (χ1) is 9.77. The zero-order chi connectivity index (χ0) is 14.9. The van der Waals surface area contributed by atoms with Crippen molar-refractivity contribution in [3.63, 3.8) is 0 Å². The van der Waals surface area contributed by atoms with Gasteiger partial charge in [-0.05, 0) is 12.8 Å². The number of aliphatic carboxylic acids is 1. The van der Waals surface area contributed by atoms with Gasteiger partial charge in [-0.15, -0.1) is 0 Å². The summed E-state index contributed by atoms with van der Waals surface area (Å²) in [6.07, 6.45) is 19.9. The molecule has 0 aromatic heterocycles. The standard InChI is InChI=1S/C18H36O2.Ca.HI/c1-2-3-4-5-6-7-8-9-10-11-12-13-14-15-16-17-18(19)20;;/h2-17H2,1H3,(H,19,20);;1H/q;+2;/p-2. The van der Waals surface area contributed by atoms with Gasteiger partial charge in [0, 0.05) is 5.97 Å². The minimum atomic E-state index is -0.903. The third kappa shape index (κ3) is 26.4. The Kier molecular flexibility index (Phi) is 31.8. The first-order valence-electron chi connectivity index (χ1n) is 8.97. The van der Waals surface area contributed by atoms with E-state index in [0.29, 0.717) is 0 Å². The molecule has 0 bridgehead atoms. The summed E-state index contributed by atoms with van der Waals surface area (Å²) in [5.74, 6) is -0.903. The van der Waals surface area contributed by atoms with Crippen molar-refractivity contribution in [2.24, 2.45) is 0 Å². The second kappa shape index (κ2) is 24.7. The molecule has 0 amide bonds. The van der Waals surface area contributed by atoms with Crippen molar-refractivity contribution in [1.82, 2.24) is 0 Å². The van der Waals surface area contributed by atoms with E-state index in [-0.39, 0.29) is 68.1 Å². The van der Waals surface area contributed by atoms with E-state index in [1.54, 1.807) is 0 Å². The number of carbonyl (C=O) groups is 1. The van der Waals surface area contributed by atoms with Crippen LogP contribution >= 0.6 is 0 Å². The van der Waals surface area contributed by atoms with Crippen LogP contribution < -0.4 is 29.1 Å². The molecule has 0 radical (unpaired) electrons. The van der Waals surface area contributed by atoms with Crippen LogP contribution in [-0.4, -0.2) is 43.7 Å². The van der Waals surface area contributed by atoms with E-state index in [9.17, 15) is 9.90 Å². The largest absolute Gasteiger partial charge is 2.00 e. The van der Waals surface area contributed by atoms with Crippen LogP contribution in [0, 0.1) is 0 Å². The predicted molar refractivity (Wildman–Crippen MR) is 90.3 cm³/mol. The summed E-state index contributed by atoms with van der Waals surface area (Å²) in [6.45, 7) is 2.27. The molecule has 0 aliphatic heterocycles. The molecule has 0 saturated heterocycles. The number of carboxylic acid groups (broad SMARTS) is 1. The molecule has 0 rings (SSSR count). The van der Waals surface area contributed by atoms with Crippen LogP contribution in [0.15, 0.2) is 0 Å². The summed E-state index contributed by atoms with van der Waals surface area (Å²) in [7, 11) is 0.